The third-order valence-electron chi connectivity index (χ3n) is 7.28. The Hall–Kier alpha value is -2.80. The zero-order valence-electron chi connectivity index (χ0n) is 20.2. The van der Waals surface area contributed by atoms with E-state index in [0.717, 1.165) is 54.8 Å². The smallest absolute Gasteiger partial charge is 0.335 e. The van der Waals surface area contributed by atoms with Gasteiger partial charge in [-0.25, -0.2) is 4.79 Å². The number of rotatable bonds is 5. The van der Waals surface area contributed by atoms with Gasteiger partial charge in [-0.1, -0.05) is 44.6 Å². The molecule has 1 saturated heterocycles. The molecule has 0 bridgehead atoms. The highest BCUT2D eigenvalue weighted by Crippen LogP contribution is 2.39. The molecule has 2 heterocycles. The SMILES string of the molecule is Cc1cc(C(=O)O)ccc1-c1ccc(/C=C2\SC(=NC3CCCCC3)N(C3CCCCC3)C2=O)o1. The zero-order valence-corrected chi connectivity index (χ0v) is 21.0. The summed E-state index contributed by atoms with van der Waals surface area (Å²) in [6.07, 6.45) is 13.4. The maximum absolute atomic E-state index is 13.6. The number of benzene rings is 1. The second-order valence-corrected chi connectivity index (χ2v) is 10.8. The number of amidine groups is 1. The van der Waals surface area contributed by atoms with Crippen molar-refractivity contribution >= 4 is 34.9 Å². The van der Waals surface area contributed by atoms with Crippen molar-refractivity contribution in [3.8, 4) is 11.3 Å². The van der Waals surface area contributed by atoms with E-state index in [1.165, 1.54) is 37.4 Å². The Morgan fingerprint density at radius 2 is 1.77 bits per heavy atom. The van der Waals surface area contributed by atoms with E-state index < -0.39 is 5.97 Å². The summed E-state index contributed by atoms with van der Waals surface area (Å²) in [5, 5.41) is 10.1. The summed E-state index contributed by atoms with van der Waals surface area (Å²) in [5.74, 6) is 0.355. The summed E-state index contributed by atoms with van der Waals surface area (Å²) >= 11 is 1.48. The van der Waals surface area contributed by atoms with Crippen molar-refractivity contribution in [2.75, 3.05) is 0 Å². The molecule has 0 atom stereocenters. The molecule has 184 valence electrons. The zero-order chi connectivity index (χ0) is 24.4. The maximum atomic E-state index is 13.6. The van der Waals surface area contributed by atoms with Crippen molar-refractivity contribution in [2.45, 2.75) is 83.2 Å². The molecule has 7 heteroatoms. The van der Waals surface area contributed by atoms with Gasteiger partial charge in [-0.05, 0) is 74.2 Å². The van der Waals surface area contributed by atoms with Gasteiger partial charge >= 0.3 is 5.97 Å². The number of aromatic carboxylic acids is 1. The lowest BCUT2D eigenvalue weighted by atomic mass is 9.94. The van der Waals surface area contributed by atoms with E-state index in [4.69, 9.17) is 9.41 Å². The molecule has 2 aliphatic carbocycles. The molecule has 2 saturated carbocycles. The van der Waals surface area contributed by atoms with Gasteiger partial charge in [0.25, 0.3) is 5.91 Å². The van der Waals surface area contributed by atoms with Gasteiger partial charge in [-0.2, -0.15) is 0 Å². The highest BCUT2D eigenvalue weighted by molar-refractivity contribution is 8.18. The predicted octanol–water partition coefficient (Wildman–Crippen LogP) is 6.89. The highest BCUT2D eigenvalue weighted by Gasteiger charge is 2.39. The standard InChI is InChI=1S/C28H32N2O4S/c1-18-16-19(27(32)33)12-14-23(18)24-15-13-22(34-24)17-25-26(31)30(21-10-6-3-7-11-21)28(35-25)29-20-8-4-2-5-9-20/h12-17,20-21H,2-11H2,1H3,(H,32,33)/b25-17-,29-28?. The number of hydrogen-bond acceptors (Lipinski definition) is 5. The molecule has 1 aromatic heterocycles. The van der Waals surface area contributed by atoms with Crippen LogP contribution in [0.25, 0.3) is 17.4 Å². The van der Waals surface area contributed by atoms with Gasteiger partial charge in [0.15, 0.2) is 5.17 Å². The third-order valence-corrected chi connectivity index (χ3v) is 8.28. The van der Waals surface area contributed by atoms with Crippen molar-refractivity contribution in [3.05, 3.63) is 52.1 Å². The van der Waals surface area contributed by atoms with Gasteiger partial charge in [0.2, 0.25) is 0 Å². The predicted molar refractivity (Wildman–Crippen MR) is 139 cm³/mol. The molecule has 6 nitrogen and oxygen atoms in total. The second-order valence-electron chi connectivity index (χ2n) is 9.82. The van der Waals surface area contributed by atoms with Crippen molar-refractivity contribution in [1.82, 2.24) is 4.90 Å². The fraction of sp³-hybridized carbons (Fsp3) is 0.464. The van der Waals surface area contributed by atoms with Crippen LogP contribution in [0.1, 0.15) is 85.9 Å². The van der Waals surface area contributed by atoms with Crippen LogP contribution in [0.5, 0.6) is 0 Å². The van der Waals surface area contributed by atoms with E-state index in [0.29, 0.717) is 22.5 Å². The van der Waals surface area contributed by atoms with Crippen LogP contribution in [0.3, 0.4) is 0 Å². The van der Waals surface area contributed by atoms with E-state index in [9.17, 15) is 14.7 Å². The number of carbonyl (C=O) groups is 2. The van der Waals surface area contributed by atoms with Crippen molar-refractivity contribution in [3.63, 3.8) is 0 Å². The molecule has 0 radical (unpaired) electrons. The van der Waals surface area contributed by atoms with Crippen molar-refractivity contribution in [1.29, 1.82) is 0 Å². The number of aliphatic imine (C=N–C) groups is 1. The minimum Gasteiger partial charge on any atom is -0.478 e. The molecular formula is C28H32N2O4S. The number of nitrogens with zero attached hydrogens (tertiary/aromatic N) is 2. The minimum absolute atomic E-state index is 0.0383. The molecule has 0 spiro atoms. The summed E-state index contributed by atoms with van der Waals surface area (Å²) < 4.78 is 6.08. The summed E-state index contributed by atoms with van der Waals surface area (Å²) in [6, 6.07) is 9.28. The Kier molecular flexibility index (Phi) is 7.14. The minimum atomic E-state index is -0.950. The van der Waals surface area contributed by atoms with Gasteiger partial charge in [0, 0.05) is 17.7 Å². The fourth-order valence-electron chi connectivity index (χ4n) is 5.38. The average Bonchev–Trinajstić information content (AvgIpc) is 3.44. The Balaban J connectivity index is 1.41. The summed E-state index contributed by atoms with van der Waals surface area (Å²) in [4.78, 5) is 32.5. The number of carbonyl (C=O) groups excluding carboxylic acids is 1. The molecule has 35 heavy (non-hydrogen) atoms. The van der Waals surface area contributed by atoms with Crippen LogP contribution >= 0.6 is 11.8 Å². The van der Waals surface area contributed by atoms with E-state index in [1.54, 1.807) is 18.2 Å². The third kappa shape index (κ3) is 5.25. The largest absolute Gasteiger partial charge is 0.478 e. The van der Waals surface area contributed by atoms with E-state index in [1.807, 2.05) is 30.0 Å². The number of amides is 1. The summed E-state index contributed by atoms with van der Waals surface area (Å²) in [7, 11) is 0. The van der Waals surface area contributed by atoms with Gasteiger partial charge < -0.3 is 9.52 Å². The average molecular weight is 493 g/mol. The summed E-state index contributed by atoms with van der Waals surface area (Å²) in [6.45, 7) is 1.87. The topological polar surface area (TPSA) is 83.1 Å². The maximum Gasteiger partial charge on any atom is 0.335 e. The lowest BCUT2D eigenvalue weighted by Crippen LogP contribution is -2.41. The van der Waals surface area contributed by atoms with Crippen LogP contribution in [0, 0.1) is 6.92 Å². The van der Waals surface area contributed by atoms with Crippen LogP contribution in [0.15, 0.2) is 44.6 Å². The molecule has 0 unspecified atom stereocenters. The van der Waals surface area contributed by atoms with Crippen LogP contribution in [0.4, 0.5) is 0 Å². The van der Waals surface area contributed by atoms with E-state index >= 15 is 0 Å². The van der Waals surface area contributed by atoms with Gasteiger partial charge in [-0.3, -0.25) is 14.7 Å². The van der Waals surface area contributed by atoms with Crippen LogP contribution in [-0.4, -0.2) is 39.1 Å². The van der Waals surface area contributed by atoms with Crippen molar-refractivity contribution < 1.29 is 19.1 Å². The number of aryl methyl sites for hydroxylation is 1. The molecule has 5 rings (SSSR count). The van der Waals surface area contributed by atoms with E-state index in [-0.39, 0.29) is 17.5 Å². The quantitative estimate of drug-likeness (QED) is 0.460. The van der Waals surface area contributed by atoms with Gasteiger partial charge in [0.1, 0.15) is 11.5 Å². The Morgan fingerprint density at radius 3 is 2.46 bits per heavy atom. The molecule has 3 fully saturated rings. The highest BCUT2D eigenvalue weighted by atomic mass is 32.2. The first-order valence-electron chi connectivity index (χ1n) is 12.7. The molecule has 1 N–H and O–H groups in total. The Labute approximate surface area is 210 Å². The number of carboxylic acids is 1. The normalized spacial score (nSPS) is 22.4. The number of hydrogen-bond donors (Lipinski definition) is 1. The van der Waals surface area contributed by atoms with Gasteiger partial charge in [-0.15, -0.1) is 0 Å². The first-order valence-corrected chi connectivity index (χ1v) is 13.6. The molecule has 3 aliphatic rings. The van der Waals surface area contributed by atoms with Crippen molar-refractivity contribution in [2.24, 2.45) is 4.99 Å². The number of carboxylic acid groups (broad SMARTS) is 1. The first kappa shape index (κ1) is 23.9. The molecule has 1 amide bonds. The monoisotopic (exact) mass is 492 g/mol. The summed E-state index contributed by atoms with van der Waals surface area (Å²) in [5.41, 5.74) is 1.92. The number of furan rings is 1. The van der Waals surface area contributed by atoms with E-state index in [2.05, 4.69) is 0 Å². The van der Waals surface area contributed by atoms with Crippen LogP contribution in [-0.2, 0) is 4.79 Å². The van der Waals surface area contributed by atoms with Gasteiger partial charge in [0.05, 0.1) is 16.5 Å². The lowest BCUT2D eigenvalue weighted by molar-refractivity contribution is -0.124. The molecule has 1 aromatic carbocycles. The Bertz CT molecular complexity index is 1170. The lowest BCUT2D eigenvalue weighted by Gasteiger charge is -2.31. The fourth-order valence-corrected chi connectivity index (χ4v) is 6.47. The molecular weight excluding hydrogens is 460 g/mol. The van der Waals surface area contributed by atoms with Crippen LogP contribution < -0.4 is 0 Å². The second kappa shape index (κ2) is 10.4. The van der Waals surface area contributed by atoms with Crippen LogP contribution in [0.2, 0.25) is 0 Å². The Morgan fingerprint density at radius 1 is 1.06 bits per heavy atom. The molecule has 2 aromatic rings. The molecule has 1 aliphatic heterocycles. The first-order chi connectivity index (χ1) is 17.0. The number of thioether (sulfide) groups is 1.